The van der Waals surface area contributed by atoms with Crippen molar-refractivity contribution in [1.29, 1.82) is 0 Å². The molecule has 0 amide bonds. The topological polar surface area (TPSA) is 20.7 Å². The molecule has 0 aliphatic heterocycles. The molecule has 0 saturated carbocycles. The summed E-state index contributed by atoms with van der Waals surface area (Å²) in [6, 6.07) is 10.9. The van der Waals surface area contributed by atoms with Gasteiger partial charge in [0.2, 0.25) is 0 Å². The minimum Gasteiger partial charge on any atom is -0.331 e. The zero-order valence-electron chi connectivity index (χ0n) is 11.1. The first-order valence-corrected chi connectivity index (χ1v) is 8.72. The van der Waals surface area contributed by atoms with Gasteiger partial charge in [-0.05, 0) is 48.3 Å². The maximum Gasteiger partial charge on any atom is 0.178 e. The van der Waals surface area contributed by atoms with Crippen LogP contribution in [0.3, 0.4) is 0 Å². The lowest BCUT2D eigenvalue weighted by molar-refractivity contribution is 0.548. The Balaban J connectivity index is 2.21. The highest BCUT2D eigenvalue weighted by Crippen LogP contribution is 2.31. The first kappa shape index (κ1) is 14.0. The summed E-state index contributed by atoms with van der Waals surface area (Å²) >= 11 is 10.9. The number of halogens is 1. The highest BCUT2D eigenvalue weighted by atomic mass is 79.9. The molecule has 3 rings (SSSR count). The van der Waals surface area contributed by atoms with E-state index < -0.39 is 0 Å². The van der Waals surface area contributed by atoms with Crippen LogP contribution in [0.25, 0.3) is 11.0 Å². The number of aromatic amines is 1. The first-order chi connectivity index (χ1) is 9.70. The molecule has 1 unspecified atom stereocenters. The molecule has 5 heteroatoms. The Labute approximate surface area is 135 Å². The quantitative estimate of drug-likeness (QED) is 0.568. The molecule has 1 N–H and O–H groups in total. The van der Waals surface area contributed by atoms with Crippen LogP contribution in [0.15, 0.2) is 40.2 Å². The molecule has 20 heavy (non-hydrogen) atoms. The van der Waals surface area contributed by atoms with Crippen LogP contribution in [-0.4, -0.2) is 9.55 Å². The molecular weight excluding hydrogens is 352 g/mol. The number of aromatic nitrogens is 2. The van der Waals surface area contributed by atoms with Crippen molar-refractivity contribution >= 4 is 50.5 Å². The predicted octanol–water partition coefficient (Wildman–Crippen LogP) is 5.91. The first-order valence-electron chi connectivity index (χ1n) is 6.64. The van der Waals surface area contributed by atoms with Gasteiger partial charge in [-0.15, -0.1) is 11.3 Å². The minimum atomic E-state index is 0.322. The number of H-pyrrole nitrogens is 1. The highest BCUT2D eigenvalue weighted by molar-refractivity contribution is 9.10. The van der Waals surface area contributed by atoms with E-state index in [0.717, 1.165) is 27.6 Å². The van der Waals surface area contributed by atoms with E-state index in [4.69, 9.17) is 12.2 Å². The molecule has 2 nitrogen and oxygen atoms in total. The van der Waals surface area contributed by atoms with Crippen molar-refractivity contribution in [2.45, 2.75) is 25.8 Å². The number of hydrogen-bond donors (Lipinski definition) is 1. The maximum atomic E-state index is 5.56. The SMILES string of the molecule is CCCC(c1cccs1)n1c(=S)[nH]c2cc(Br)ccc21. The molecular formula is C15H15BrN2S2. The Hall–Kier alpha value is -0.910. The Bertz CT molecular complexity index is 771. The lowest BCUT2D eigenvalue weighted by Crippen LogP contribution is -2.09. The van der Waals surface area contributed by atoms with E-state index in [-0.39, 0.29) is 0 Å². The molecule has 0 aliphatic carbocycles. The number of hydrogen-bond acceptors (Lipinski definition) is 2. The van der Waals surface area contributed by atoms with Crippen molar-refractivity contribution in [3.05, 3.63) is 49.8 Å². The molecule has 2 aromatic heterocycles. The van der Waals surface area contributed by atoms with Crippen LogP contribution in [0.4, 0.5) is 0 Å². The second-order valence-electron chi connectivity index (χ2n) is 4.78. The van der Waals surface area contributed by atoms with Crippen LogP contribution in [-0.2, 0) is 0 Å². The van der Waals surface area contributed by atoms with Crippen molar-refractivity contribution < 1.29 is 0 Å². The summed E-state index contributed by atoms with van der Waals surface area (Å²) in [5.74, 6) is 0. The number of nitrogens with one attached hydrogen (secondary N) is 1. The smallest absolute Gasteiger partial charge is 0.178 e. The summed E-state index contributed by atoms with van der Waals surface area (Å²) in [5.41, 5.74) is 2.26. The summed E-state index contributed by atoms with van der Waals surface area (Å²) in [7, 11) is 0. The Morgan fingerprint density at radius 3 is 2.95 bits per heavy atom. The number of nitrogens with zero attached hydrogens (tertiary/aromatic N) is 1. The van der Waals surface area contributed by atoms with E-state index in [1.54, 1.807) is 11.3 Å². The van der Waals surface area contributed by atoms with E-state index in [2.05, 4.69) is 68.1 Å². The van der Waals surface area contributed by atoms with E-state index in [0.29, 0.717) is 6.04 Å². The summed E-state index contributed by atoms with van der Waals surface area (Å²) in [6.07, 6.45) is 2.23. The van der Waals surface area contributed by atoms with Crippen molar-refractivity contribution in [2.75, 3.05) is 0 Å². The largest absolute Gasteiger partial charge is 0.331 e. The zero-order valence-corrected chi connectivity index (χ0v) is 14.3. The average Bonchev–Trinajstić information content (AvgIpc) is 3.03. The molecule has 1 atom stereocenters. The Kier molecular flexibility index (Phi) is 4.10. The highest BCUT2D eigenvalue weighted by Gasteiger charge is 2.17. The standard InChI is InChI=1S/C15H15BrN2S2/c1-2-4-13(14-5-3-8-20-14)18-12-7-6-10(16)9-11(12)17-15(18)19/h3,5-9,13H,2,4H2,1H3,(H,17,19). The van der Waals surface area contributed by atoms with Crippen LogP contribution in [0, 0.1) is 4.77 Å². The van der Waals surface area contributed by atoms with E-state index in [9.17, 15) is 0 Å². The van der Waals surface area contributed by atoms with Gasteiger partial charge >= 0.3 is 0 Å². The van der Waals surface area contributed by atoms with Crippen molar-refractivity contribution in [3.8, 4) is 0 Å². The van der Waals surface area contributed by atoms with Gasteiger partial charge in [-0.3, -0.25) is 0 Å². The second kappa shape index (κ2) is 5.84. The number of fused-ring (bicyclic) bond motifs is 1. The van der Waals surface area contributed by atoms with E-state index >= 15 is 0 Å². The molecule has 0 saturated heterocycles. The van der Waals surface area contributed by atoms with Gasteiger partial charge in [0, 0.05) is 9.35 Å². The molecule has 0 aliphatic rings. The molecule has 104 valence electrons. The van der Waals surface area contributed by atoms with Crippen molar-refractivity contribution in [1.82, 2.24) is 9.55 Å². The van der Waals surface area contributed by atoms with Gasteiger partial charge in [0.1, 0.15) is 0 Å². The summed E-state index contributed by atoms with van der Waals surface area (Å²) in [6.45, 7) is 2.22. The van der Waals surface area contributed by atoms with Gasteiger partial charge < -0.3 is 9.55 Å². The molecule has 0 spiro atoms. The van der Waals surface area contributed by atoms with E-state index in [1.807, 2.05) is 0 Å². The van der Waals surface area contributed by atoms with Crippen LogP contribution in [0.1, 0.15) is 30.7 Å². The lowest BCUT2D eigenvalue weighted by atomic mass is 10.1. The van der Waals surface area contributed by atoms with Gasteiger partial charge in [0.05, 0.1) is 17.1 Å². The third kappa shape index (κ3) is 2.50. The minimum absolute atomic E-state index is 0.322. The number of imidazole rings is 1. The Morgan fingerprint density at radius 2 is 2.25 bits per heavy atom. The van der Waals surface area contributed by atoms with Crippen molar-refractivity contribution in [3.63, 3.8) is 0 Å². The summed E-state index contributed by atoms with van der Waals surface area (Å²) < 4.78 is 4.12. The predicted molar refractivity (Wildman–Crippen MR) is 92.2 cm³/mol. The van der Waals surface area contributed by atoms with Gasteiger partial charge in [0.25, 0.3) is 0 Å². The molecule has 1 aromatic carbocycles. The van der Waals surface area contributed by atoms with Crippen LogP contribution < -0.4 is 0 Å². The summed E-state index contributed by atoms with van der Waals surface area (Å²) in [4.78, 5) is 4.69. The fourth-order valence-corrected chi connectivity index (χ4v) is 4.11. The lowest BCUT2D eigenvalue weighted by Gasteiger charge is -2.17. The molecule has 2 heterocycles. The third-order valence-corrected chi connectivity index (χ3v) is 5.19. The van der Waals surface area contributed by atoms with Crippen LogP contribution >= 0.6 is 39.5 Å². The number of thiophene rings is 1. The van der Waals surface area contributed by atoms with E-state index in [1.165, 1.54) is 10.4 Å². The number of rotatable bonds is 4. The van der Waals surface area contributed by atoms with Crippen molar-refractivity contribution in [2.24, 2.45) is 0 Å². The van der Waals surface area contributed by atoms with Crippen LogP contribution in [0.2, 0.25) is 0 Å². The van der Waals surface area contributed by atoms with Gasteiger partial charge in [-0.25, -0.2) is 0 Å². The zero-order chi connectivity index (χ0) is 14.1. The second-order valence-corrected chi connectivity index (χ2v) is 7.06. The fraction of sp³-hybridized carbons (Fsp3) is 0.267. The average molecular weight is 367 g/mol. The normalized spacial score (nSPS) is 12.9. The molecule has 0 radical (unpaired) electrons. The molecule has 0 bridgehead atoms. The van der Waals surface area contributed by atoms with Gasteiger partial charge in [0.15, 0.2) is 4.77 Å². The molecule has 0 fully saturated rings. The fourth-order valence-electron chi connectivity index (χ4n) is 2.57. The van der Waals surface area contributed by atoms with Crippen LogP contribution in [0.5, 0.6) is 0 Å². The number of benzene rings is 1. The van der Waals surface area contributed by atoms with Gasteiger partial charge in [-0.1, -0.05) is 35.3 Å². The third-order valence-electron chi connectivity index (χ3n) is 3.42. The van der Waals surface area contributed by atoms with Gasteiger partial charge in [-0.2, -0.15) is 0 Å². The monoisotopic (exact) mass is 366 g/mol. The molecule has 3 aromatic rings. The Morgan fingerprint density at radius 1 is 1.40 bits per heavy atom. The maximum absolute atomic E-state index is 5.56. The summed E-state index contributed by atoms with van der Waals surface area (Å²) in [5, 5.41) is 2.13.